The fourth-order valence-electron chi connectivity index (χ4n) is 2.79. The van der Waals surface area contributed by atoms with E-state index >= 15 is 0 Å². The summed E-state index contributed by atoms with van der Waals surface area (Å²) in [5.41, 5.74) is 5.82. The second kappa shape index (κ2) is 4.60. The van der Waals surface area contributed by atoms with Gasteiger partial charge in [-0.05, 0) is 45.8 Å². The van der Waals surface area contributed by atoms with Gasteiger partial charge >= 0.3 is 0 Å². The van der Waals surface area contributed by atoms with Gasteiger partial charge in [0.1, 0.15) is 0 Å². The Labute approximate surface area is 87.2 Å². The van der Waals surface area contributed by atoms with Gasteiger partial charge in [-0.25, -0.2) is 0 Å². The van der Waals surface area contributed by atoms with Crippen molar-refractivity contribution in [2.45, 2.75) is 38.3 Å². The molecule has 0 spiro atoms. The van der Waals surface area contributed by atoms with Gasteiger partial charge in [0, 0.05) is 25.2 Å². The monoisotopic (exact) mass is 197 g/mol. The van der Waals surface area contributed by atoms with Crippen LogP contribution in [0.15, 0.2) is 0 Å². The molecule has 2 fully saturated rings. The number of hydrogen-bond donors (Lipinski definition) is 1. The van der Waals surface area contributed by atoms with Crippen LogP contribution < -0.4 is 5.73 Å². The maximum Gasteiger partial charge on any atom is 0.0235 e. The van der Waals surface area contributed by atoms with E-state index in [1.807, 2.05) is 0 Å². The molecule has 2 N–H and O–H groups in total. The minimum absolute atomic E-state index is 0.326. The molecular formula is C11H23N3. The normalized spacial score (nSPS) is 32.6. The van der Waals surface area contributed by atoms with Crippen molar-refractivity contribution >= 4 is 0 Å². The molecule has 14 heavy (non-hydrogen) atoms. The fourth-order valence-corrected chi connectivity index (χ4v) is 2.79. The lowest BCUT2D eigenvalue weighted by molar-refractivity contribution is 0.229. The minimum Gasteiger partial charge on any atom is -0.327 e. The summed E-state index contributed by atoms with van der Waals surface area (Å²) < 4.78 is 0. The predicted octanol–water partition coefficient (Wildman–Crippen LogP) is 0.504. The van der Waals surface area contributed by atoms with E-state index in [9.17, 15) is 0 Å². The summed E-state index contributed by atoms with van der Waals surface area (Å²) in [5, 5.41) is 0. The molecule has 2 heterocycles. The van der Waals surface area contributed by atoms with E-state index in [0.717, 1.165) is 12.6 Å². The number of nitrogens with zero attached hydrogens (tertiary/aromatic N) is 2. The van der Waals surface area contributed by atoms with Gasteiger partial charge < -0.3 is 10.6 Å². The van der Waals surface area contributed by atoms with E-state index in [1.165, 1.54) is 45.4 Å². The van der Waals surface area contributed by atoms with Crippen molar-refractivity contribution in [2.75, 3.05) is 32.7 Å². The minimum atomic E-state index is 0.326. The molecule has 82 valence electrons. The summed E-state index contributed by atoms with van der Waals surface area (Å²) in [4.78, 5) is 5.19. The lowest BCUT2D eigenvalue weighted by Crippen LogP contribution is -2.38. The molecule has 0 aromatic rings. The number of nitrogens with two attached hydrogens (primary N) is 1. The molecule has 0 aliphatic carbocycles. The average molecular weight is 197 g/mol. The van der Waals surface area contributed by atoms with Crippen LogP contribution in [0.4, 0.5) is 0 Å². The molecule has 2 rings (SSSR count). The van der Waals surface area contributed by atoms with Gasteiger partial charge in [-0.2, -0.15) is 0 Å². The zero-order valence-electron chi connectivity index (χ0n) is 9.28. The maximum atomic E-state index is 5.82. The molecule has 1 unspecified atom stereocenters. The predicted molar refractivity (Wildman–Crippen MR) is 59.3 cm³/mol. The van der Waals surface area contributed by atoms with Crippen molar-refractivity contribution in [3.8, 4) is 0 Å². The zero-order valence-corrected chi connectivity index (χ0v) is 9.28. The third kappa shape index (κ3) is 2.47. The Hall–Kier alpha value is -0.120. The Morgan fingerprint density at radius 2 is 2.00 bits per heavy atom. The Morgan fingerprint density at radius 3 is 2.64 bits per heavy atom. The molecular weight excluding hydrogens is 174 g/mol. The molecule has 0 radical (unpaired) electrons. The lowest BCUT2D eigenvalue weighted by Gasteiger charge is -2.24. The van der Waals surface area contributed by atoms with Crippen LogP contribution in [0.25, 0.3) is 0 Å². The molecule has 3 nitrogen and oxygen atoms in total. The summed E-state index contributed by atoms with van der Waals surface area (Å²) >= 11 is 0. The second-order valence-electron chi connectivity index (χ2n) is 4.92. The highest BCUT2D eigenvalue weighted by molar-refractivity contribution is 4.86. The first-order valence-electron chi connectivity index (χ1n) is 5.97. The molecule has 0 aromatic carbocycles. The van der Waals surface area contributed by atoms with Crippen molar-refractivity contribution in [3.63, 3.8) is 0 Å². The van der Waals surface area contributed by atoms with Crippen LogP contribution in [-0.4, -0.2) is 54.6 Å². The quantitative estimate of drug-likeness (QED) is 0.715. The fraction of sp³-hybridized carbons (Fsp3) is 1.00. The molecule has 0 amide bonds. The second-order valence-corrected chi connectivity index (χ2v) is 4.92. The van der Waals surface area contributed by atoms with Crippen LogP contribution in [-0.2, 0) is 0 Å². The van der Waals surface area contributed by atoms with Gasteiger partial charge in [0.05, 0.1) is 0 Å². The lowest BCUT2D eigenvalue weighted by atomic mass is 10.2. The summed E-state index contributed by atoms with van der Waals surface area (Å²) in [7, 11) is 0. The highest BCUT2D eigenvalue weighted by atomic mass is 15.3. The third-order valence-corrected chi connectivity index (χ3v) is 3.45. The van der Waals surface area contributed by atoms with Crippen molar-refractivity contribution in [1.29, 1.82) is 0 Å². The van der Waals surface area contributed by atoms with E-state index in [2.05, 4.69) is 16.7 Å². The smallest absolute Gasteiger partial charge is 0.0235 e. The van der Waals surface area contributed by atoms with Gasteiger partial charge in [-0.15, -0.1) is 0 Å². The number of rotatable bonds is 3. The summed E-state index contributed by atoms with van der Waals surface area (Å²) in [5.74, 6) is 0. The highest BCUT2D eigenvalue weighted by Crippen LogP contribution is 2.20. The largest absolute Gasteiger partial charge is 0.327 e. The van der Waals surface area contributed by atoms with Crippen LogP contribution in [0, 0.1) is 0 Å². The van der Waals surface area contributed by atoms with Crippen LogP contribution in [0.5, 0.6) is 0 Å². The Kier molecular flexibility index (Phi) is 3.42. The van der Waals surface area contributed by atoms with Crippen molar-refractivity contribution in [1.82, 2.24) is 9.80 Å². The molecule has 0 saturated carbocycles. The standard InChI is InChI=1S/C11H23N3/c1-10(12)8-13-7-4-11(9-13)14-5-2-3-6-14/h10-11H,2-9,12H2,1H3/t10-,11?/m0/s1. The van der Waals surface area contributed by atoms with Crippen LogP contribution in [0.2, 0.25) is 0 Å². The van der Waals surface area contributed by atoms with Gasteiger partial charge in [0.25, 0.3) is 0 Å². The van der Waals surface area contributed by atoms with E-state index in [0.29, 0.717) is 6.04 Å². The zero-order chi connectivity index (χ0) is 9.97. The molecule has 2 aliphatic heterocycles. The third-order valence-electron chi connectivity index (χ3n) is 3.45. The number of hydrogen-bond acceptors (Lipinski definition) is 3. The van der Waals surface area contributed by atoms with Crippen LogP contribution in [0.3, 0.4) is 0 Å². The molecule has 2 atom stereocenters. The summed E-state index contributed by atoms with van der Waals surface area (Å²) in [6, 6.07) is 1.16. The number of likely N-dealkylation sites (tertiary alicyclic amines) is 2. The molecule has 0 aromatic heterocycles. The topological polar surface area (TPSA) is 32.5 Å². The Balaban J connectivity index is 1.76. The SMILES string of the molecule is C[C@H](N)CN1CCC(N2CCCC2)C1. The maximum absolute atomic E-state index is 5.82. The summed E-state index contributed by atoms with van der Waals surface area (Å²) in [6.07, 6.45) is 4.17. The van der Waals surface area contributed by atoms with Gasteiger partial charge in [-0.1, -0.05) is 0 Å². The molecule has 0 bridgehead atoms. The van der Waals surface area contributed by atoms with E-state index in [4.69, 9.17) is 5.73 Å². The van der Waals surface area contributed by atoms with Gasteiger partial charge in [0.15, 0.2) is 0 Å². The van der Waals surface area contributed by atoms with E-state index in [-0.39, 0.29) is 0 Å². The molecule has 2 saturated heterocycles. The van der Waals surface area contributed by atoms with Crippen molar-refractivity contribution in [2.24, 2.45) is 5.73 Å². The van der Waals surface area contributed by atoms with Crippen molar-refractivity contribution < 1.29 is 0 Å². The van der Waals surface area contributed by atoms with Crippen LogP contribution in [0.1, 0.15) is 26.2 Å². The molecule has 3 heteroatoms. The first-order chi connectivity index (χ1) is 6.75. The van der Waals surface area contributed by atoms with Crippen molar-refractivity contribution in [3.05, 3.63) is 0 Å². The van der Waals surface area contributed by atoms with Gasteiger partial charge in [-0.3, -0.25) is 4.90 Å². The van der Waals surface area contributed by atoms with Crippen LogP contribution >= 0.6 is 0 Å². The summed E-state index contributed by atoms with van der Waals surface area (Å²) in [6.45, 7) is 8.34. The van der Waals surface area contributed by atoms with Gasteiger partial charge in [0.2, 0.25) is 0 Å². The van der Waals surface area contributed by atoms with E-state index < -0.39 is 0 Å². The molecule has 2 aliphatic rings. The average Bonchev–Trinajstić information content (AvgIpc) is 2.69. The Morgan fingerprint density at radius 1 is 1.29 bits per heavy atom. The van der Waals surface area contributed by atoms with E-state index in [1.54, 1.807) is 0 Å². The Bertz CT molecular complexity index is 175. The highest BCUT2D eigenvalue weighted by Gasteiger charge is 2.29. The first kappa shape index (κ1) is 10.4. The first-order valence-corrected chi connectivity index (χ1v) is 5.97.